The van der Waals surface area contributed by atoms with Gasteiger partial charge in [-0.3, -0.25) is 10.6 Å². The van der Waals surface area contributed by atoms with Crippen molar-refractivity contribution in [3.05, 3.63) is 29.8 Å². The smallest absolute Gasteiger partial charge is 0.175 e. The number of aliphatic hydroxyl groups excluding tert-OH is 1. The molecule has 1 aromatic rings. The molecule has 0 spiro atoms. The number of aliphatic hydroxyl groups is 1. The van der Waals surface area contributed by atoms with Crippen LogP contribution in [0, 0.1) is 0 Å². The first-order valence-electron chi connectivity index (χ1n) is 5.89. The van der Waals surface area contributed by atoms with E-state index in [0.717, 1.165) is 12.0 Å². The van der Waals surface area contributed by atoms with Crippen molar-refractivity contribution in [1.29, 1.82) is 0 Å². The van der Waals surface area contributed by atoms with E-state index in [1.807, 2.05) is 6.92 Å². The molecule has 100 valence electrons. The van der Waals surface area contributed by atoms with Crippen LogP contribution in [0.5, 0.6) is 0 Å². The molecular weight excluding hydrogens is 252 g/mol. The summed E-state index contributed by atoms with van der Waals surface area (Å²) < 4.78 is 22.8. The minimum Gasteiger partial charge on any atom is -0.377 e. The zero-order valence-corrected chi connectivity index (χ0v) is 11.3. The maximum Gasteiger partial charge on any atom is 0.175 e. The Morgan fingerprint density at radius 3 is 2.39 bits per heavy atom. The minimum atomic E-state index is -3.17. The second-order valence-electron chi connectivity index (χ2n) is 4.60. The Bertz CT molecular complexity index is 527. The normalized spacial score (nSPS) is 28.5. The topological polar surface area (TPSA) is 78.4 Å². The molecule has 2 atom stereocenters. The molecule has 0 saturated carbocycles. The molecule has 0 radical (unpaired) electrons. The third-order valence-corrected chi connectivity index (χ3v) is 4.44. The number of hydrogen-bond acceptors (Lipinski definition) is 5. The Labute approximate surface area is 107 Å². The number of sulfone groups is 1. The molecule has 0 amide bonds. The first-order valence-corrected chi connectivity index (χ1v) is 7.78. The summed E-state index contributed by atoms with van der Waals surface area (Å²) in [6, 6.07) is 6.74. The van der Waals surface area contributed by atoms with Crippen LogP contribution >= 0.6 is 0 Å². The van der Waals surface area contributed by atoms with Gasteiger partial charge in [-0.15, -0.1) is 0 Å². The second kappa shape index (κ2) is 4.62. The Kier molecular flexibility index (Phi) is 3.46. The molecule has 6 heteroatoms. The van der Waals surface area contributed by atoms with Gasteiger partial charge in [0.25, 0.3) is 0 Å². The lowest BCUT2D eigenvalue weighted by Gasteiger charge is -2.29. The van der Waals surface area contributed by atoms with Crippen LogP contribution in [0.1, 0.15) is 18.9 Å². The van der Waals surface area contributed by atoms with Gasteiger partial charge in [-0.05, 0) is 24.1 Å². The van der Waals surface area contributed by atoms with Gasteiger partial charge in [0.2, 0.25) is 0 Å². The Hall–Kier alpha value is -0.950. The van der Waals surface area contributed by atoms with E-state index in [1.54, 1.807) is 24.3 Å². The first-order chi connectivity index (χ1) is 8.37. The van der Waals surface area contributed by atoms with Gasteiger partial charge in [-0.2, -0.15) is 0 Å². The van der Waals surface area contributed by atoms with Crippen LogP contribution in [0.4, 0.5) is 0 Å². The molecule has 2 unspecified atom stereocenters. The number of hydrogen-bond donors (Lipinski definition) is 3. The van der Waals surface area contributed by atoms with Crippen molar-refractivity contribution in [2.24, 2.45) is 0 Å². The van der Waals surface area contributed by atoms with Crippen LogP contribution in [0.2, 0.25) is 0 Å². The van der Waals surface area contributed by atoms with Crippen molar-refractivity contribution < 1.29 is 13.5 Å². The molecule has 1 saturated heterocycles. The van der Waals surface area contributed by atoms with Crippen LogP contribution in [0.3, 0.4) is 0 Å². The third kappa shape index (κ3) is 2.42. The van der Waals surface area contributed by atoms with Crippen LogP contribution in [0.25, 0.3) is 0 Å². The lowest BCUT2D eigenvalue weighted by Crippen LogP contribution is -2.46. The van der Waals surface area contributed by atoms with E-state index in [9.17, 15) is 13.5 Å². The van der Waals surface area contributed by atoms with Crippen LogP contribution in [0.15, 0.2) is 29.2 Å². The van der Waals surface area contributed by atoms with Gasteiger partial charge < -0.3 is 5.11 Å². The number of rotatable bonds is 3. The third-order valence-electron chi connectivity index (χ3n) is 3.32. The lowest BCUT2D eigenvalue weighted by molar-refractivity contribution is 0.147. The van der Waals surface area contributed by atoms with Crippen molar-refractivity contribution in [3.8, 4) is 0 Å². The molecule has 0 aliphatic carbocycles. The summed E-state index contributed by atoms with van der Waals surface area (Å²) in [6.07, 6.45) is 1.36. The fourth-order valence-electron chi connectivity index (χ4n) is 2.26. The molecule has 0 bridgehead atoms. The molecular formula is C12H18N2O3S. The minimum absolute atomic E-state index is 0.302. The Balaban J connectivity index is 2.34. The number of β-amino-alcohol motifs (C(OH)–C–C–N with tert-alkyl or cyclic N) is 1. The zero-order valence-electron chi connectivity index (χ0n) is 10.5. The van der Waals surface area contributed by atoms with E-state index in [0.29, 0.717) is 11.4 Å². The monoisotopic (exact) mass is 270 g/mol. The average Bonchev–Trinajstić information content (AvgIpc) is 2.71. The summed E-state index contributed by atoms with van der Waals surface area (Å²) in [5, 5.41) is 15.9. The van der Waals surface area contributed by atoms with Crippen molar-refractivity contribution >= 4 is 9.84 Å². The quantitative estimate of drug-likeness (QED) is 0.729. The van der Waals surface area contributed by atoms with Crippen LogP contribution in [-0.2, 0) is 15.5 Å². The van der Waals surface area contributed by atoms with E-state index < -0.39 is 21.7 Å². The maximum atomic E-state index is 11.4. The molecule has 18 heavy (non-hydrogen) atoms. The van der Waals surface area contributed by atoms with E-state index in [2.05, 4.69) is 10.6 Å². The molecule has 5 nitrogen and oxygen atoms in total. The molecule has 1 aliphatic rings. The van der Waals surface area contributed by atoms with E-state index in [4.69, 9.17) is 0 Å². The largest absolute Gasteiger partial charge is 0.377 e. The number of benzene rings is 1. The highest BCUT2D eigenvalue weighted by atomic mass is 32.2. The zero-order chi connectivity index (χ0) is 13.4. The van der Waals surface area contributed by atoms with Crippen molar-refractivity contribution in [3.63, 3.8) is 0 Å². The standard InChI is InChI=1S/C12H18N2O3S/c1-3-12(13-8-11(15)14-12)9-4-6-10(7-5-9)18(2,16)17/h4-7,11,13-15H,3,8H2,1-2H3. The fourth-order valence-corrected chi connectivity index (χ4v) is 2.89. The SMILES string of the molecule is CCC1(c2ccc(S(C)(=O)=O)cc2)NCC(O)N1. The van der Waals surface area contributed by atoms with Gasteiger partial charge in [0.1, 0.15) is 6.23 Å². The summed E-state index contributed by atoms with van der Waals surface area (Å²) in [7, 11) is -3.17. The molecule has 3 N–H and O–H groups in total. The van der Waals surface area contributed by atoms with E-state index in [1.165, 1.54) is 6.26 Å². The lowest BCUT2D eigenvalue weighted by atomic mass is 9.97. The summed E-state index contributed by atoms with van der Waals surface area (Å²) in [5.74, 6) is 0. The van der Waals surface area contributed by atoms with Crippen LogP contribution in [-0.4, -0.2) is 32.6 Å². The summed E-state index contributed by atoms with van der Waals surface area (Å²) in [5.41, 5.74) is 0.448. The van der Waals surface area contributed by atoms with Gasteiger partial charge in [-0.25, -0.2) is 8.42 Å². The average molecular weight is 270 g/mol. The summed E-state index contributed by atoms with van der Waals surface area (Å²) in [4.78, 5) is 0.302. The highest BCUT2D eigenvalue weighted by Gasteiger charge is 2.37. The van der Waals surface area contributed by atoms with Gasteiger partial charge in [0.05, 0.1) is 10.6 Å². The maximum absolute atomic E-state index is 11.4. The van der Waals surface area contributed by atoms with Crippen molar-refractivity contribution in [2.75, 3.05) is 12.8 Å². The summed E-state index contributed by atoms with van der Waals surface area (Å²) >= 11 is 0. The van der Waals surface area contributed by atoms with E-state index >= 15 is 0 Å². The molecule has 2 rings (SSSR count). The second-order valence-corrected chi connectivity index (χ2v) is 6.61. The van der Waals surface area contributed by atoms with Gasteiger partial charge in [0, 0.05) is 12.8 Å². The van der Waals surface area contributed by atoms with Gasteiger partial charge >= 0.3 is 0 Å². The summed E-state index contributed by atoms with van der Waals surface area (Å²) in [6.45, 7) is 2.48. The molecule has 1 aromatic carbocycles. The predicted molar refractivity (Wildman–Crippen MR) is 68.7 cm³/mol. The van der Waals surface area contributed by atoms with Crippen molar-refractivity contribution in [2.45, 2.75) is 30.1 Å². The Morgan fingerprint density at radius 1 is 1.39 bits per heavy atom. The van der Waals surface area contributed by atoms with Gasteiger partial charge in [-0.1, -0.05) is 19.1 Å². The molecule has 1 fully saturated rings. The molecule has 1 heterocycles. The van der Waals surface area contributed by atoms with E-state index in [-0.39, 0.29) is 0 Å². The Morgan fingerprint density at radius 2 is 2.00 bits per heavy atom. The predicted octanol–water partition coefficient (Wildman–Crippen LogP) is 0.164. The van der Waals surface area contributed by atoms with Gasteiger partial charge in [0.15, 0.2) is 9.84 Å². The fraction of sp³-hybridized carbons (Fsp3) is 0.500. The highest BCUT2D eigenvalue weighted by Crippen LogP contribution is 2.26. The first kappa shape index (κ1) is 13.5. The highest BCUT2D eigenvalue weighted by molar-refractivity contribution is 7.90. The molecule has 1 aliphatic heterocycles. The van der Waals surface area contributed by atoms with Crippen molar-refractivity contribution in [1.82, 2.24) is 10.6 Å². The molecule has 0 aromatic heterocycles. The number of nitrogens with one attached hydrogen (secondary N) is 2. The van der Waals surface area contributed by atoms with Crippen LogP contribution < -0.4 is 10.6 Å².